The molecule has 2 aromatic rings. The molecule has 1 atom stereocenters. The summed E-state index contributed by atoms with van der Waals surface area (Å²) in [5.74, 6) is 0.518. The number of benzene rings is 1. The molecule has 0 aliphatic carbocycles. The number of carbonyl (C=O) groups is 1. The zero-order chi connectivity index (χ0) is 19.6. The third kappa shape index (κ3) is 3.95. The van der Waals surface area contributed by atoms with Crippen molar-refractivity contribution in [3.63, 3.8) is 0 Å². The fraction of sp³-hybridized carbons (Fsp3) is 0.579. The fourth-order valence-electron chi connectivity index (χ4n) is 3.53. The molecule has 1 aromatic carbocycles. The van der Waals surface area contributed by atoms with Crippen molar-refractivity contribution in [1.82, 2.24) is 14.0 Å². The quantitative estimate of drug-likeness (QED) is 0.839. The molecule has 0 bridgehead atoms. The third-order valence-electron chi connectivity index (χ3n) is 5.23. The molecule has 0 radical (unpaired) electrons. The van der Waals surface area contributed by atoms with E-state index in [4.69, 9.17) is 9.47 Å². The van der Waals surface area contributed by atoms with Crippen LogP contribution in [0.5, 0.6) is 5.75 Å². The van der Waals surface area contributed by atoms with Crippen LogP contribution in [0.25, 0.3) is 11.0 Å². The molecule has 2 amide bonds. The number of ether oxygens (including phenoxy) is 2. The minimum atomic E-state index is -0.207. The number of nitrogens with zero attached hydrogens (tertiary/aromatic N) is 3. The Morgan fingerprint density at radius 3 is 2.67 bits per heavy atom. The fourth-order valence-corrected chi connectivity index (χ4v) is 3.53. The van der Waals surface area contributed by atoms with E-state index >= 15 is 0 Å². The zero-order valence-electron chi connectivity index (χ0n) is 16.4. The lowest BCUT2D eigenvalue weighted by Gasteiger charge is -2.20. The number of amides is 2. The summed E-state index contributed by atoms with van der Waals surface area (Å²) < 4.78 is 14.1. The van der Waals surface area contributed by atoms with E-state index < -0.39 is 0 Å². The average molecular weight is 376 g/mol. The smallest absolute Gasteiger partial charge is 0.328 e. The molecule has 148 valence electrons. The molecule has 8 nitrogen and oxygen atoms in total. The molecule has 8 heteroatoms. The lowest BCUT2D eigenvalue weighted by atomic mass is 10.1. The number of rotatable bonds is 6. The van der Waals surface area contributed by atoms with E-state index in [0.29, 0.717) is 24.1 Å². The molecule has 1 N–H and O–H groups in total. The first-order chi connectivity index (χ1) is 12.9. The number of fused-ring (bicyclic) bond motifs is 1. The third-order valence-corrected chi connectivity index (χ3v) is 5.23. The first-order valence-corrected chi connectivity index (χ1v) is 9.29. The highest BCUT2D eigenvalue weighted by molar-refractivity contribution is 5.94. The van der Waals surface area contributed by atoms with Gasteiger partial charge in [-0.1, -0.05) is 0 Å². The number of imidazole rings is 1. The first kappa shape index (κ1) is 19.3. The Labute approximate surface area is 158 Å². The SMILES string of the molecule is COc1cc2c(cc1NC(=O)N(C)CCC[C@H]1CCCO1)n(C)c(=O)n2C. The normalized spacial score (nSPS) is 16.7. The molecule has 1 fully saturated rings. The van der Waals surface area contributed by atoms with Gasteiger partial charge in [0.2, 0.25) is 0 Å². The first-order valence-electron chi connectivity index (χ1n) is 9.29. The lowest BCUT2D eigenvalue weighted by Crippen LogP contribution is -2.32. The molecule has 0 spiro atoms. The number of hydrogen-bond acceptors (Lipinski definition) is 4. The van der Waals surface area contributed by atoms with Crippen LogP contribution in [0.2, 0.25) is 0 Å². The number of aryl methyl sites for hydroxylation is 2. The number of anilines is 1. The minimum Gasteiger partial charge on any atom is -0.494 e. The second-order valence-corrected chi connectivity index (χ2v) is 7.07. The van der Waals surface area contributed by atoms with Crippen molar-refractivity contribution in [2.24, 2.45) is 14.1 Å². The van der Waals surface area contributed by atoms with Gasteiger partial charge < -0.3 is 19.7 Å². The van der Waals surface area contributed by atoms with Crippen LogP contribution in [0.1, 0.15) is 25.7 Å². The largest absolute Gasteiger partial charge is 0.494 e. The van der Waals surface area contributed by atoms with Crippen LogP contribution in [0.3, 0.4) is 0 Å². The monoisotopic (exact) mass is 376 g/mol. The summed E-state index contributed by atoms with van der Waals surface area (Å²) in [5, 5.41) is 2.89. The minimum absolute atomic E-state index is 0.123. The zero-order valence-corrected chi connectivity index (χ0v) is 16.4. The number of hydrogen-bond donors (Lipinski definition) is 1. The van der Waals surface area contributed by atoms with Gasteiger partial charge >= 0.3 is 11.7 Å². The second-order valence-electron chi connectivity index (χ2n) is 7.07. The van der Waals surface area contributed by atoms with Crippen molar-refractivity contribution in [3.8, 4) is 5.75 Å². The van der Waals surface area contributed by atoms with E-state index in [1.807, 2.05) is 0 Å². The molecule has 3 rings (SSSR count). The van der Waals surface area contributed by atoms with Gasteiger partial charge in [0, 0.05) is 40.4 Å². The summed E-state index contributed by atoms with van der Waals surface area (Å²) in [6.07, 6.45) is 4.45. The average Bonchev–Trinajstić information content (AvgIpc) is 3.25. The molecule has 1 aliphatic rings. The molecule has 1 aliphatic heterocycles. The van der Waals surface area contributed by atoms with Crippen molar-refractivity contribution in [1.29, 1.82) is 0 Å². The predicted octanol–water partition coefficient (Wildman–Crippen LogP) is 2.31. The summed E-state index contributed by atoms with van der Waals surface area (Å²) in [6.45, 7) is 1.51. The maximum Gasteiger partial charge on any atom is 0.328 e. The highest BCUT2D eigenvalue weighted by Crippen LogP contribution is 2.30. The number of aromatic nitrogens is 2. The number of urea groups is 1. The van der Waals surface area contributed by atoms with E-state index in [0.717, 1.165) is 43.3 Å². The standard InChI is InChI=1S/C19H28N4O4/c1-21(9-5-7-13-8-6-10-27-13)18(24)20-14-11-15-16(12-17(14)26-4)23(3)19(25)22(15)2/h11-13H,5-10H2,1-4H3,(H,20,24)/t13-/m0/s1. The van der Waals surface area contributed by atoms with E-state index in [2.05, 4.69) is 5.32 Å². The van der Waals surface area contributed by atoms with Crippen molar-refractivity contribution < 1.29 is 14.3 Å². The molecule has 2 heterocycles. The Balaban J connectivity index is 1.69. The van der Waals surface area contributed by atoms with Crippen molar-refractivity contribution in [2.75, 3.05) is 32.6 Å². The van der Waals surface area contributed by atoms with E-state index in [1.54, 1.807) is 54.4 Å². The lowest BCUT2D eigenvalue weighted by molar-refractivity contribution is 0.101. The van der Waals surface area contributed by atoms with Crippen molar-refractivity contribution >= 4 is 22.8 Å². The van der Waals surface area contributed by atoms with Gasteiger partial charge in [-0.05, 0) is 31.7 Å². The van der Waals surface area contributed by atoms with Crippen molar-refractivity contribution in [2.45, 2.75) is 31.8 Å². The van der Waals surface area contributed by atoms with E-state index in [-0.39, 0.29) is 11.7 Å². The van der Waals surface area contributed by atoms with Gasteiger partial charge in [0.15, 0.2) is 0 Å². The summed E-state index contributed by atoms with van der Waals surface area (Å²) in [4.78, 5) is 26.3. The van der Waals surface area contributed by atoms with E-state index in [1.165, 1.54) is 0 Å². The van der Waals surface area contributed by atoms with Gasteiger partial charge in [-0.25, -0.2) is 9.59 Å². The Hall–Kier alpha value is -2.48. The number of carbonyl (C=O) groups excluding carboxylic acids is 1. The molecular weight excluding hydrogens is 348 g/mol. The van der Waals surface area contributed by atoms with E-state index in [9.17, 15) is 9.59 Å². The predicted molar refractivity (Wildman–Crippen MR) is 105 cm³/mol. The van der Waals surface area contributed by atoms with Crippen LogP contribution < -0.4 is 15.7 Å². The Morgan fingerprint density at radius 2 is 2.04 bits per heavy atom. The number of methoxy groups -OCH3 is 1. The maximum absolute atomic E-state index is 12.6. The highest BCUT2D eigenvalue weighted by Gasteiger charge is 2.18. The van der Waals surface area contributed by atoms with Crippen LogP contribution in [0.4, 0.5) is 10.5 Å². The highest BCUT2D eigenvalue weighted by atomic mass is 16.5. The van der Waals surface area contributed by atoms with Gasteiger partial charge in [-0.3, -0.25) is 9.13 Å². The van der Waals surface area contributed by atoms with Crippen LogP contribution in [0, 0.1) is 0 Å². The molecule has 1 aromatic heterocycles. The molecule has 1 saturated heterocycles. The maximum atomic E-state index is 12.6. The summed E-state index contributed by atoms with van der Waals surface area (Å²) >= 11 is 0. The summed E-state index contributed by atoms with van der Waals surface area (Å²) in [5.41, 5.74) is 1.91. The van der Waals surface area contributed by atoms with Gasteiger partial charge in [0.05, 0.1) is 29.9 Å². The van der Waals surface area contributed by atoms with Crippen LogP contribution >= 0.6 is 0 Å². The topological polar surface area (TPSA) is 77.7 Å². The molecular formula is C19H28N4O4. The van der Waals surface area contributed by atoms with Crippen LogP contribution in [0.15, 0.2) is 16.9 Å². The van der Waals surface area contributed by atoms with Gasteiger partial charge in [-0.2, -0.15) is 0 Å². The van der Waals surface area contributed by atoms with Crippen molar-refractivity contribution in [3.05, 3.63) is 22.6 Å². The molecule has 0 unspecified atom stereocenters. The summed E-state index contributed by atoms with van der Waals surface area (Å²) in [6, 6.07) is 3.33. The van der Waals surface area contributed by atoms with Gasteiger partial charge in [-0.15, -0.1) is 0 Å². The Morgan fingerprint density at radius 1 is 1.33 bits per heavy atom. The Kier molecular flexibility index (Phi) is 5.74. The van der Waals surface area contributed by atoms with Crippen LogP contribution in [-0.4, -0.2) is 53.5 Å². The van der Waals surface area contributed by atoms with Gasteiger partial charge in [0.25, 0.3) is 0 Å². The number of nitrogens with one attached hydrogen (secondary N) is 1. The van der Waals surface area contributed by atoms with Gasteiger partial charge in [0.1, 0.15) is 5.75 Å². The Bertz CT molecular complexity index is 880. The summed E-state index contributed by atoms with van der Waals surface area (Å²) in [7, 11) is 6.74. The van der Waals surface area contributed by atoms with Crippen LogP contribution in [-0.2, 0) is 18.8 Å². The molecule has 0 saturated carbocycles. The molecule has 27 heavy (non-hydrogen) atoms. The second kappa shape index (κ2) is 8.04.